The number of fused-ring (bicyclic) bond motifs is 5. The van der Waals surface area contributed by atoms with Crippen molar-refractivity contribution in [3.63, 3.8) is 0 Å². The Balaban J connectivity index is 1.45. The molecule has 14 heteroatoms. The van der Waals surface area contributed by atoms with Crippen LogP contribution in [0.2, 0.25) is 0 Å². The summed E-state index contributed by atoms with van der Waals surface area (Å²) in [5, 5.41) is 12.9. The van der Waals surface area contributed by atoms with Gasteiger partial charge in [-0.15, -0.1) is 0 Å². The molecular weight excluding hydrogens is 725 g/mol. The summed E-state index contributed by atoms with van der Waals surface area (Å²) in [4.78, 5) is 56.0. The fourth-order valence-electron chi connectivity index (χ4n) is 6.43. The lowest BCUT2D eigenvalue weighted by Crippen LogP contribution is -2.52. The Morgan fingerprint density at radius 2 is 1.65 bits per heavy atom. The van der Waals surface area contributed by atoms with Crippen molar-refractivity contribution in [3.8, 4) is 40.2 Å². The summed E-state index contributed by atoms with van der Waals surface area (Å²) >= 11 is 0. The Bertz CT molecular complexity index is 2170. The maximum Gasteiger partial charge on any atom is 0.251 e. The van der Waals surface area contributed by atoms with E-state index in [-0.39, 0.29) is 44.2 Å². The van der Waals surface area contributed by atoms with Crippen molar-refractivity contribution in [2.45, 2.75) is 59.2 Å². The number of rotatable bonds is 11. The third-order valence-electron chi connectivity index (χ3n) is 9.32. The Hall–Kier alpha value is -6.17. The summed E-state index contributed by atoms with van der Waals surface area (Å²) in [6, 6.07) is 13.8. The molecule has 1 aliphatic rings. The molecule has 57 heavy (non-hydrogen) atoms. The van der Waals surface area contributed by atoms with Crippen LogP contribution in [-0.2, 0) is 20.8 Å². The lowest BCUT2D eigenvalue weighted by molar-refractivity contribution is -0.139. The van der Waals surface area contributed by atoms with E-state index in [1.54, 1.807) is 55.1 Å². The van der Waals surface area contributed by atoms with Crippen LogP contribution in [0.4, 0.5) is 0 Å². The minimum absolute atomic E-state index is 0.229. The van der Waals surface area contributed by atoms with Gasteiger partial charge in [-0.1, -0.05) is 37.8 Å². The molecule has 0 aliphatic carbocycles. The molecule has 300 valence electrons. The number of ether oxygens (including phenoxy) is 2. The molecule has 1 aliphatic heterocycles. The largest absolute Gasteiger partial charge is 0.492 e. The van der Waals surface area contributed by atoms with Crippen LogP contribution < -0.4 is 36.9 Å². The molecule has 1 aromatic heterocycles. The van der Waals surface area contributed by atoms with E-state index in [4.69, 9.17) is 20.9 Å². The van der Waals surface area contributed by atoms with Gasteiger partial charge in [0.1, 0.15) is 36.8 Å². The van der Waals surface area contributed by atoms with Crippen molar-refractivity contribution in [2.24, 2.45) is 17.4 Å². The normalized spacial score (nSPS) is 16.7. The predicted molar refractivity (Wildman–Crippen MR) is 218 cm³/mol. The van der Waals surface area contributed by atoms with E-state index in [2.05, 4.69) is 32.9 Å². The summed E-state index contributed by atoms with van der Waals surface area (Å²) in [5.74, 6) is 5.50. The highest BCUT2D eigenvalue weighted by Crippen LogP contribution is 2.40. The van der Waals surface area contributed by atoms with Crippen molar-refractivity contribution in [1.82, 2.24) is 30.6 Å². The molecule has 0 radical (unpaired) electrons. The average molecular weight is 777 g/mol. The Morgan fingerprint density at radius 3 is 2.32 bits per heavy atom. The van der Waals surface area contributed by atoms with E-state index in [1.165, 1.54) is 11.9 Å². The van der Waals surface area contributed by atoms with Gasteiger partial charge in [0.25, 0.3) is 5.91 Å². The minimum atomic E-state index is -1.21. The third-order valence-corrected chi connectivity index (χ3v) is 9.32. The SMILES string of the molecule is Cc1cc(-n2cc(C#CC(C)C)cn2)ccc1C(=O)NCC(=O)N(C)C1C(=O)N[C@@H](C)C(=O)NC(C)Cc2ccc(OCCN)c(c2)-c2cc1ccc2OCCN. The summed E-state index contributed by atoms with van der Waals surface area (Å²) < 4.78 is 13.8. The summed E-state index contributed by atoms with van der Waals surface area (Å²) in [5.41, 5.74) is 16.8. The fraction of sp³-hybridized carbons (Fsp3) is 0.372. The Kier molecular flexibility index (Phi) is 14.1. The number of benzene rings is 3. The lowest BCUT2D eigenvalue weighted by atomic mass is 9.94. The van der Waals surface area contributed by atoms with Gasteiger partial charge in [0.2, 0.25) is 17.7 Å². The van der Waals surface area contributed by atoms with E-state index in [0.717, 1.165) is 16.8 Å². The predicted octanol–water partition coefficient (Wildman–Crippen LogP) is 3.03. The van der Waals surface area contributed by atoms with Crippen LogP contribution in [0.5, 0.6) is 11.5 Å². The number of hydrogen-bond donors (Lipinski definition) is 5. The zero-order valence-electron chi connectivity index (χ0n) is 33.3. The molecule has 14 nitrogen and oxygen atoms in total. The lowest BCUT2D eigenvalue weighted by Gasteiger charge is -2.30. The van der Waals surface area contributed by atoms with Gasteiger partial charge < -0.3 is 41.8 Å². The molecule has 0 spiro atoms. The van der Waals surface area contributed by atoms with E-state index in [0.29, 0.717) is 45.7 Å². The van der Waals surface area contributed by atoms with Crippen LogP contribution in [0, 0.1) is 24.7 Å². The summed E-state index contributed by atoms with van der Waals surface area (Å²) in [7, 11) is 1.48. The summed E-state index contributed by atoms with van der Waals surface area (Å²) in [6.45, 7) is 9.93. The van der Waals surface area contributed by atoms with E-state index < -0.39 is 36.3 Å². The van der Waals surface area contributed by atoms with Crippen molar-refractivity contribution >= 4 is 23.6 Å². The van der Waals surface area contributed by atoms with Gasteiger partial charge in [0, 0.05) is 55.0 Å². The van der Waals surface area contributed by atoms with Crippen molar-refractivity contribution in [2.75, 3.05) is 39.9 Å². The molecule has 2 heterocycles. The van der Waals surface area contributed by atoms with Crippen molar-refractivity contribution in [3.05, 3.63) is 94.8 Å². The first-order chi connectivity index (χ1) is 27.3. The van der Waals surface area contributed by atoms with Gasteiger partial charge in [-0.3, -0.25) is 19.2 Å². The highest BCUT2D eigenvalue weighted by Gasteiger charge is 2.32. The molecule has 0 saturated heterocycles. The molecule has 0 saturated carbocycles. The second-order valence-corrected chi connectivity index (χ2v) is 14.4. The number of nitrogens with zero attached hydrogens (tertiary/aromatic N) is 3. The third kappa shape index (κ3) is 10.6. The average Bonchev–Trinajstić information content (AvgIpc) is 3.66. The number of aromatic nitrogens is 2. The molecule has 2 unspecified atom stereocenters. The van der Waals surface area contributed by atoms with Crippen LogP contribution in [0.25, 0.3) is 16.8 Å². The second-order valence-electron chi connectivity index (χ2n) is 14.4. The molecule has 4 amide bonds. The number of amides is 4. The minimum Gasteiger partial charge on any atom is -0.492 e. The molecule has 0 fully saturated rings. The maximum atomic E-state index is 14.2. The maximum absolute atomic E-state index is 14.2. The molecule has 4 aromatic rings. The monoisotopic (exact) mass is 776 g/mol. The van der Waals surface area contributed by atoms with Crippen LogP contribution in [0.15, 0.2) is 67.0 Å². The molecule has 3 atom stereocenters. The van der Waals surface area contributed by atoms with Crippen LogP contribution in [0.3, 0.4) is 0 Å². The van der Waals surface area contributed by atoms with Gasteiger partial charge in [-0.2, -0.15) is 5.10 Å². The molecule has 3 aromatic carbocycles. The topological polar surface area (TPSA) is 196 Å². The highest BCUT2D eigenvalue weighted by molar-refractivity contribution is 5.99. The number of carbonyl (C=O) groups excluding carboxylic acids is 4. The molecule has 5 rings (SSSR count). The van der Waals surface area contributed by atoms with Gasteiger partial charge in [-0.25, -0.2) is 4.68 Å². The quantitative estimate of drug-likeness (QED) is 0.142. The number of likely N-dealkylation sites (N-methyl/N-ethyl adjacent to an activating group) is 1. The summed E-state index contributed by atoms with van der Waals surface area (Å²) in [6.07, 6.45) is 4.01. The van der Waals surface area contributed by atoms with E-state index >= 15 is 0 Å². The van der Waals surface area contributed by atoms with Gasteiger partial charge in [0.15, 0.2) is 0 Å². The van der Waals surface area contributed by atoms with Crippen LogP contribution >= 0.6 is 0 Å². The number of hydrogen-bond acceptors (Lipinski definition) is 9. The van der Waals surface area contributed by atoms with Gasteiger partial charge >= 0.3 is 0 Å². The zero-order chi connectivity index (χ0) is 41.2. The molecule has 7 N–H and O–H groups in total. The number of carbonyl (C=O) groups is 4. The van der Waals surface area contributed by atoms with Gasteiger partial charge in [-0.05, 0) is 86.3 Å². The highest BCUT2D eigenvalue weighted by atomic mass is 16.5. The van der Waals surface area contributed by atoms with E-state index in [9.17, 15) is 19.2 Å². The smallest absolute Gasteiger partial charge is 0.251 e. The van der Waals surface area contributed by atoms with Gasteiger partial charge in [0.05, 0.1) is 24.0 Å². The van der Waals surface area contributed by atoms with Crippen molar-refractivity contribution < 1.29 is 28.7 Å². The zero-order valence-corrected chi connectivity index (χ0v) is 33.3. The van der Waals surface area contributed by atoms with Crippen LogP contribution in [0.1, 0.15) is 66.3 Å². The first-order valence-corrected chi connectivity index (χ1v) is 19.0. The standard InChI is InChI=1S/C43H52N8O6/c1-26(2)7-8-31-23-47-51(25-31)33-11-12-34(27(3)19-33)42(54)46-24-39(52)50(6)40-32-10-14-38(57-18-16-45)36(22-32)35-21-30(9-13-37(35)56-17-15-44)20-28(4)48-41(53)29(5)49-43(40)55/h9-14,19,21-23,25-26,28-29,40H,15-18,20,24,44-45H2,1-6H3,(H,46,54)(H,48,53)(H,49,55)/t28?,29-,40?/m0/s1. The first kappa shape index (κ1) is 42.0. The van der Waals surface area contributed by atoms with Crippen LogP contribution in [-0.4, -0.2) is 90.3 Å². The number of aryl methyl sites for hydroxylation is 1. The first-order valence-electron chi connectivity index (χ1n) is 19.0. The Labute approximate surface area is 333 Å². The number of nitrogens with two attached hydrogens (primary N) is 2. The number of nitrogens with one attached hydrogen (secondary N) is 3. The molecule has 4 bridgehead atoms. The van der Waals surface area contributed by atoms with E-state index in [1.807, 2.05) is 51.2 Å². The second kappa shape index (κ2) is 19.1. The Morgan fingerprint density at radius 1 is 0.965 bits per heavy atom. The molecular formula is C43H52N8O6. The fourth-order valence-corrected chi connectivity index (χ4v) is 6.43. The van der Waals surface area contributed by atoms with Crippen molar-refractivity contribution in [1.29, 1.82) is 0 Å².